The van der Waals surface area contributed by atoms with E-state index in [0.29, 0.717) is 17.9 Å². The second kappa shape index (κ2) is 8.52. The lowest BCUT2D eigenvalue weighted by molar-refractivity contribution is -0.118. The first-order valence-corrected chi connectivity index (χ1v) is 10.2. The highest BCUT2D eigenvalue weighted by molar-refractivity contribution is 7.99. The van der Waals surface area contributed by atoms with E-state index < -0.39 is 0 Å². The van der Waals surface area contributed by atoms with Gasteiger partial charge >= 0.3 is 0 Å². The summed E-state index contributed by atoms with van der Waals surface area (Å²) in [5, 5.41) is 3.60. The van der Waals surface area contributed by atoms with Crippen LogP contribution >= 0.6 is 11.8 Å². The molecule has 3 heterocycles. The largest absolute Gasteiger partial charge is 0.454 e. The number of fused-ring (bicyclic) bond motifs is 1. The van der Waals surface area contributed by atoms with Crippen LogP contribution in [0.1, 0.15) is 28.8 Å². The van der Waals surface area contributed by atoms with Gasteiger partial charge < -0.3 is 19.7 Å². The van der Waals surface area contributed by atoms with Crippen molar-refractivity contribution in [1.82, 2.24) is 15.2 Å². The van der Waals surface area contributed by atoms with Gasteiger partial charge in [-0.2, -0.15) is 0 Å². The Morgan fingerprint density at radius 1 is 1.11 bits per heavy atom. The molecule has 1 N–H and O–H groups in total. The molecular weight excluding hydrogens is 378 g/mol. The van der Waals surface area contributed by atoms with E-state index >= 15 is 0 Å². The van der Waals surface area contributed by atoms with Crippen molar-refractivity contribution in [2.24, 2.45) is 0 Å². The molecule has 1 saturated heterocycles. The normalized spacial score (nSPS) is 14.9. The van der Waals surface area contributed by atoms with E-state index in [0.717, 1.165) is 42.3 Å². The second-order valence-corrected chi connectivity index (χ2v) is 7.63. The van der Waals surface area contributed by atoms with Gasteiger partial charge in [-0.3, -0.25) is 9.59 Å². The highest BCUT2D eigenvalue weighted by atomic mass is 32.2. The Balaban J connectivity index is 1.23. The topological polar surface area (TPSA) is 80.8 Å². The number of carbonyl (C=O) groups excluding carboxylic acids is 2. The maximum absolute atomic E-state index is 12.3. The SMILES string of the molecule is O=C(CSc1ccc(C(=O)N2CCCC2)cn1)NCc1ccc2c(c1)OCO2. The summed E-state index contributed by atoms with van der Waals surface area (Å²) in [6, 6.07) is 9.18. The summed E-state index contributed by atoms with van der Waals surface area (Å²) in [5.74, 6) is 1.64. The van der Waals surface area contributed by atoms with Gasteiger partial charge in [-0.1, -0.05) is 17.8 Å². The van der Waals surface area contributed by atoms with Crippen LogP contribution in [-0.4, -0.2) is 47.3 Å². The fourth-order valence-electron chi connectivity index (χ4n) is 3.14. The van der Waals surface area contributed by atoms with Crippen molar-refractivity contribution >= 4 is 23.6 Å². The zero-order valence-corrected chi connectivity index (χ0v) is 16.2. The van der Waals surface area contributed by atoms with E-state index in [9.17, 15) is 9.59 Å². The molecule has 146 valence electrons. The molecule has 1 aromatic carbocycles. The molecule has 28 heavy (non-hydrogen) atoms. The lowest BCUT2D eigenvalue weighted by Crippen LogP contribution is -2.27. The van der Waals surface area contributed by atoms with Crippen LogP contribution in [0.4, 0.5) is 0 Å². The molecule has 1 aromatic heterocycles. The number of amides is 2. The van der Waals surface area contributed by atoms with Gasteiger partial charge in [0.1, 0.15) is 0 Å². The molecule has 0 spiro atoms. The summed E-state index contributed by atoms with van der Waals surface area (Å²) in [6.07, 6.45) is 3.72. The predicted octanol–water partition coefficient (Wildman–Crippen LogP) is 2.45. The summed E-state index contributed by atoms with van der Waals surface area (Å²) < 4.78 is 10.6. The summed E-state index contributed by atoms with van der Waals surface area (Å²) in [4.78, 5) is 30.6. The first-order valence-electron chi connectivity index (χ1n) is 9.22. The third-order valence-electron chi connectivity index (χ3n) is 4.65. The first kappa shape index (κ1) is 18.6. The van der Waals surface area contributed by atoms with E-state index in [1.807, 2.05) is 23.1 Å². The number of rotatable bonds is 6. The predicted molar refractivity (Wildman–Crippen MR) is 105 cm³/mol. The lowest BCUT2D eigenvalue weighted by Gasteiger charge is -2.14. The number of likely N-dealkylation sites (tertiary alicyclic amines) is 1. The average Bonchev–Trinajstić information content (AvgIpc) is 3.42. The molecule has 1 fully saturated rings. The average molecular weight is 399 g/mol. The molecule has 0 saturated carbocycles. The Hall–Kier alpha value is -2.74. The van der Waals surface area contributed by atoms with Crippen LogP contribution < -0.4 is 14.8 Å². The van der Waals surface area contributed by atoms with Crippen LogP contribution in [-0.2, 0) is 11.3 Å². The number of ether oxygens (including phenoxy) is 2. The van der Waals surface area contributed by atoms with Crippen LogP contribution in [0.2, 0.25) is 0 Å². The minimum absolute atomic E-state index is 0.0306. The fourth-order valence-corrected chi connectivity index (χ4v) is 3.81. The van der Waals surface area contributed by atoms with Gasteiger partial charge in [-0.15, -0.1) is 0 Å². The van der Waals surface area contributed by atoms with E-state index in [1.165, 1.54) is 11.8 Å². The molecule has 4 rings (SSSR count). The summed E-state index contributed by atoms with van der Waals surface area (Å²) in [7, 11) is 0. The van der Waals surface area contributed by atoms with Crippen LogP contribution in [0.5, 0.6) is 11.5 Å². The van der Waals surface area contributed by atoms with Gasteiger partial charge in [0.25, 0.3) is 5.91 Å². The Kier molecular flexibility index (Phi) is 5.66. The minimum atomic E-state index is -0.0818. The molecule has 0 atom stereocenters. The van der Waals surface area contributed by atoms with Crippen molar-refractivity contribution in [2.75, 3.05) is 25.6 Å². The molecule has 2 aliphatic rings. The van der Waals surface area contributed by atoms with E-state index in [1.54, 1.807) is 18.3 Å². The summed E-state index contributed by atoms with van der Waals surface area (Å²) >= 11 is 1.34. The molecule has 7 nitrogen and oxygen atoms in total. The third kappa shape index (κ3) is 4.39. The molecule has 0 bridgehead atoms. The van der Waals surface area contributed by atoms with Gasteiger partial charge in [0.05, 0.1) is 16.3 Å². The van der Waals surface area contributed by atoms with Crippen LogP contribution in [0.3, 0.4) is 0 Å². The van der Waals surface area contributed by atoms with Crippen molar-refractivity contribution in [1.29, 1.82) is 0 Å². The number of hydrogen-bond donors (Lipinski definition) is 1. The smallest absolute Gasteiger partial charge is 0.255 e. The van der Waals surface area contributed by atoms with Crippen molar-refractivity contribution in [3.63, 3.8) is 0 Å². The highest BCUT2D eigenvalue weighted by Crippen LogP contribution is 2.32. The number of carbonyl (C=O) groups is 2. The Labute approximate surface area is 167 Å². The standard InChI is InChI=1S/C20H21N3O4S/c24-18(21-10-14-3-5-16-17(9-14)27-13-26-16)12-28-19-6-4-15(11-22-19)20(25)23-7-1-2-8-23/h3-6,9,11H,1-2,7-8,10,12-13H2,(H,21,24). The number of hydrogen-bond acceptors (Lipinski definition) is 6. The number of thioether (sulfide) groups is 1. The number of aromatic nitrogens is 1. The number of pyridine rings is 1. The van der Waals surface area contributed by atoms with Crippen molar-refractivity contribution < 1.29 is 19.1 Å². The zero-order valence-electron chi connectivity index (χ0n) is 15.3. The Morgan fingerprint density at radius 2 is 1.93 bits per heavy atom. The maximum Gasteiger partial charge on any atom is 0.255 e. The Bertz CT molecular complexity index is 866. The monoisotopic (exact) mass is 399 g/mol. The molecule has 8 heteroatoms. The number of nitrogens with one attached hydrogen (secondary N) is 1. The number of benzene rings is 1. The molecule has 0 radical (unpaired) electrons. The Morgan fingerprint density at radius 3 is 2.71 bits per heavy atom. The molecule has 2 amide bonds. The summed E-state index contributed by atoms with van der Waals surface area (Å²) in [5.41, 5.74) is 1.55. The van der Waals surface area contributed by atoms with Gasteiger partial charge in [0.15, 0.2) is 11.5 Å². The molecule has 0 unspecified atom stereocenters. The van der Waals surface area contributed by atoms with Crippen LogP contribution in [0.15, 0.2) is 41.6 Å². The van der Waals surface area contributed by atoms with Gasteiger partial charge in [-0.05, 0) is 42.7 Å². The lowest BCUT2D eigenvalue weighted by atomic mass is 10.2. The minimum Gasteiger partial charge on any atom is -0.454 e. The molecule has 2 aliphatic heterocycles. The fraction of sp³-hybridized carbons (Fsp3) is 0.350. The van der Waals surface area contributed by atoms with Crippen LogP contribution in [0.25, 0.3) is 0 Å². The van der Waals surface area contributed by atoms with Crippen molar-refractivity contribution in [3.8, 4) is 11.5 Å². The van der Waals surface area contributed by atoms with Gasteiger partial charge in [0, 0.05) is 25.8 Å². The van der Waals surface area contributed by atoms with Crippen molar-refractivity contribution in [2.45, 2.75) is 24.4 Å². The number of nitrogens with zero attached hydrogens (tertiary/aromatic N) is 2. The van der Waals surface area contributed by atoms with Crippen molar-refractivity contribution in [3.05, 3.63) is 47.7 Å². The van der Waals surface area contributed by atoms with E-state index in [-0.39, 0.29) is 24.4 Å². The molecular formula is C20H21N3O4S. The molecule has 2 aromatic rings. The zero-order chi connectivity index (χ0) is 19.3. The van der Waals surface area contributed by atoms with Gasteiger partial charge in [0.2, 0.25) is 12.7 Å². The molecule has 0 aliphatic carbocycles. The first-order chi connectivity index (χ1) is 13.7. The summed E-state index contributed by atoms with van der Waals surface area (Å²) in [6.45, 7) is 2.29. The highest BCUT2D eigenvalue weighted by Gasteiger charge is 2.19. The third-order valence-corrected chi connectivity index (χ3v) is 5.60. The van der Waals surface area contributed by atoms with E-state index in [2.05, 4.69) is 10.3 Å². The second-order valence-electron chi connectivity index (χ2n) is 6.64. The van der Waals surface area contributed by atoms with Gasteiger partial charge in [-0.25, -0.2) is 4.98 Å². The van der Waals surface area contributed by atoms with E-state index in [4.69, 9.17) is 9.47 Å². The van der Waals surface area contributed by atoms with Crippen LogP contribution in [0, 0.1) is 0 Å². The quantitative estimate of drug-likeness (QED) is 0.752. The maximum atomic E-state index is 12.3.